The van der Waals surface area contributed by atoms with Gasteiger partial charge in [0.15, 0.2) is 17.7 Å². The van der Waals surface area contributed by atoms with Gasteiger partial charge in [0, 0.05) is 40.5 Å². The summed E-state index contributed by atoms with van der Waals surface area (Å²) in [5.74, 6) is -0.819. The zero-order valence-corrected chi connectivity index (χ0v) is 27.4. The van der Waals surface area contributed by atoms with Gasteiger partial charge in [0.05, 0.1) is 51.7 Å². The molecule has 3 atom stereocenters. The molecule has 6 N–H and O–H groups in total. The number of benzodiazepines with no additional fused rings is 1. The van der Waals surface area contributed by atoms with Crippen molar-refractivity contribution in [1.29, 1.82) is 0 Å². The molecule has 1 aliphatic heterocycles. The van der Waals surface area contributed by atoms with E-state index in [-0.39, 0.29) is 68.9 Å². The molecule has 1 heterocycles. The van der Waals surface area contributed by atoms with E-state index in [2.05, 4.69) is 15.8 Å². The Bertz CT molecular complexity index is 1610. The smallest absolute Gasteiger partial charge is 0.251 e. The number of aliphatic imine (C=N–C) groups is 1. The quantitative estimate of drug-likeness (QED) is 0.0850. The number of nitrogens with two attached hydrogens (primary N) is 1. The van der Waals surface area contributed by atoms with E-state index < -0.39 is 24.3 Å². The van der Waals surface area contributed by atoms with Gasteiger partial charge >= 0.3 is 0 Å². The molecule has 14 nitrogen and oxygen atoms in total. The van der Waals surface area contributed by atoms with Crippen molar-refractivity contribution >= 4 is 34.8 Å². The first-order chi connectivity index (χ1) is 23.1. The minimum atomic E-state index is -0.855. The summed E-state index contributed by atoms with van der Waals surface area (Å²) in [4.78, 5) is 43.5. The highest BCUT2D eigenvalue weighted by Crippen LogP contribution is 2.35. The first-order valence-electron chi connectivity index (χ1n) is 15.2. The van der Waals surface area contributed by atoms with E-state index in [1.165, 1.54) is 18.2 Å². The highest BCUT2D eigenvalue weighted by molar-refractivity contribution is 6.30. The van der Waals surface area contributed by atoms with Crippen LogP contribution < -0.4 is 26.0 Å². The van der Waals surface area contributed by atoms with Gasteiger partial charge < -0.3 is 45.7 Å². The van der Waals surface area contributed by atoms with Crippen LogP contribution in [0, 0.1) is 4.91 Å². The van der Waals surface area contributed by atoms with E-state index >= 15 is 0 Å². The standard InChI is InChI=1S/C33H39ClN6O8/c1-20(39-45)40-27-9-8-24(46-2)18-25(27)31(21-3-6-23(34)7-4-21)38-26(32(40)35)19-30(43)36-11-13-47-15-16-48-14-12-37-33(44)22-5-10-28(41)29(42)17-22/h3-10,17-18,20,26,32,41-42H,11-16,19,35H2,1-2H3,(H,36,43)(H,37,44)/t20?,26-,32?/m0/s1. The maximum atomic E-state index is 13.1. The van der Waals surface area contributed by atoms with Gasteiger partial charge in [-0.2, -0.15) is 0 Å². The largest absolute Gasteiger partial charge is 0.504 e. The predicted molar refractivity (Wildman–Crippen MR) is 181 cm³/mol. The molecule has 3 aromatic rings. The minimum Gasteiger partial charge on any atom is -0.504 e. The number of benzene rings is 3. The van der Waals surface area contributed by atoms with Gasteiger partial charge in [0.1, 0.15) is 11.9 Å². The van der Waals surface area contributed by atoms with Crippen LogP contribution in [0.15, 0.2) is 70.8 Å². The third kappa shape index (κ3) is 9.41. The Balaban J connectivity index is 1.28. The van der Waals surface area contributed by atoms with Crippen LogP contribution in [-0.2, 0) is 14.3 Å². The lowest BCUT2D eigenvalue weighted by molar-refractivity contribution is -0.121. The maximum Gasteiger partial charge on any atom is 0.251 e. The number of nitrogens with one attached hydrogen (secondary N) is 2. The Morgan fingerprint density at radius 1 is 0.979 bits per heavy atom. The molecule has 4 rings (SSSR count). The molecular weight excluding hydrogens is 644 g/mol. The Labute approximate surface area is 282 Å². The van der Waals surface area contributed by atoms with Crippen molar-refractivity contribution < 1.29 is 34.0 Å². The van der Waals surface area contributed by atoms with E-state index in [4.69, 9.17) is 36.5 Å². The lowest BCUT2D eigenvalue weighted by atomic mass is 9.99. The molecule has 0 fully saturated rings. The number of methoxy groups -OCH3 is 1. The number of hydrogen-bond acceptors (Lipinski definition) is 12. The summed E-state index contributed by atoms with van der Waals surface area (Å²) < 4.78 is 16.5. The maximum absolute atomic E-state index is 13.1. The lowest BCUT2D eigenvalue weighted by Gasteiger charge is -2.35. The number of nitroso groups, excluding NO2 is 1. The molecule has 2 amide bonds. The van der Waals surface area contributed by atoms with E-state index in [0.717, 1.165) is 5.56 Å². The predicted octanol–water partition coefficient (Wildman–Crippen LogP) is 3.15. The number of rotatable bonds is 16. The number of amides is 2. The van der Waals surface area contributed by atoms with Gasteiger partial charge in [-0.3, -0.25) is 14.6 Å². The fourth-order valence-electron chi connectivity index (χ4n) is 5.07. The van der Waals surface area contributed by atoms with Crippen LogP contribution in [0.2, 0.25) is 5.02 Å². The average Bonchev–Trinajstić information content (AvgIpc) is 3.20. The number of ether oxygens (including phenoxy) is 3. The number of nitrogens with zero attached hydrogens (tertiary/aromatic N) is 3. The minimum absolute atomic E-state index is 0.0654. The van der Waals surface area contributed by atoms with Gasteiger partial charge in [0.25, 0.3) is 5.91 Å². The molecule has 3 aromatic carbocycles. The van der Waals surface area contributed by atoms with Gasteiger partial charge in [-0.15, -0.1) is 4.91 Å². The van der Waals surface area contributed by atoms with Crippen LogP contribution in [0.1, 0.15) is 34.8 Å². The van der Waals surface area contributed by atoms with Crippen molar-refractivity contribution in [2.45, 2.75) is 31.7 Å². The number of anilines is 1. The summed E-state index contributed by atoms with van der Waals surface area (Å²) in [5.41, 5.74) is 9.52. The zero-order chi connectivity index (χ0) is 34.6. The third-order valence-corrected chi connectivity index (χ3v) is 7.78. The van der Waals surface area contributed by atoms with Crippen molar-refractivity contribution in [2.24, 2.45) is 15.9 Å². The second-order valence-corrected chi connectivity index (χ2v) is 11.2. The van der Waals surface area contributed by atoms with E-state index in [1.54, 1.807) is 43.2 Å². The molecule has 0 spiro atoms. The van der Waals surface area contributed by atoms with Crippen LogP contribution >= 0.6 is 11.6 Å². The van der Waals surface area contributed by atoms with Crippen LogP contribution in [0.25, 0.3) is 0 Å². The highest BCUT2D eigenvalue weighted by Gasteiger charge is 2.35. The van der Waals surface area contributed by atoms with Gasteiger partial charge in [0.2, 0.25) is 5.91 Å². The SMILES string of the molecule is COc1ccc2c(c1)C(c1ccc(Cl)cc1)=N[C@@H](CC(=O)NCCOCCOCCNC(=O)c1ccc(O)c(O)c1)C(N)N2C(C)N=O. The first-order valence-corrected chi connectivity index (χ1v) is 15.6. The molecule has 0 radical (unpaired) electrons. The Morgan fingerprint density at radius 3 is 2.31 bits per heavy atom. The zero-order valence-electron chi connectivity index (χ0n) is 26.6. The van der Waals surface area contributed by atoms with Crippen molar-refractivity contribution in [2.75, 3.05) is 51.5 Å². The molecular formula is C33H39ClN6O8. The number of phenols is 2. The molecule has 15 heteroatoms. The van der Waals surface area contributed by atoms with E-state index in [1.807, 2.05) is 18.2 Å². The molecule has 0 saturated heterocycles. The van der Waals surface area contributed by atoms with Gasteiger partial charge in [-0.1, -0.05) is 23.7 Å². The molecule has 0 aromatic heterocycles. The van der Waals surface area contributed by atoms with Crippen LogP contribution in [0.3, 0.4) is 0 Å². The molecule has 0 aliphatic carbocycles. The Morgan fingerprint density at radius 2 is 1.67 bits per heavy atom. The first kappa shape index (κ1) is 36.1. The van der Waals surface area contributed by atoms with Gasteiger partial charge in [-0.25, -0.2) is 0 Å². The molecule has 2 unspecified atom stereocenters. The van der Waals surface area contributed by atoms with Crippen LogP contribution in [0.5, 0.6) is 17.2 Å². The fraction of sp³-hybridized carbons (Fsp3) is 0.364. The molecule has 0 saturated carbocycles. The number of aromatic hydroxyl groups is 2. The number of halogens is 1. The number of hydrogen-bond donors (Lipinski definition) is 5. The van der Waals surface area contributed by atoms with Crippen molar-refractivity contribution in [3.05, 3.63) is 87.3 Å². The van der Waals surface area contributed by atoms with E-state index in [0.29, 0.717) is 27.7 Å². The fourth-order valence-corrected chi connectivity index (χ4v) is 5.20. The number of carbonyl (C=O) groups is 2. The average molecular weight is 683 g/mol. The van der Waals surface area contributed by atoms with Crippen LogP contribution in [-0.4, -0.2) is 92.7 Å². The van der Waals surface area contributed by atoms with E-state index in [9.17, 15) is 24.7 Å². The topological polar surface area (TPSA) is 197 Å². The normalized spacial score (nSPS) is 16.2. The number of fused-ring (bicyclic) bond motifs is 1. The summed E-state index contributed by atoms with van der Waals surface area (Å²) in [7, 11) is 1.55. The second-order valence-electron chi connectivity index (χ2n) is 10.8. The molecule has 0 bridgehead atoms. The van der Waals surface area contributed by atoms with Crippen molar-refractivity contribution in [3.63, 3.8) is 0 Å². The highest BCUT2D eigenvalue weighted by atomic mass is 35.5. The van der Waals surface area contributed by atoms with Gasteiger partial charge in [-0.05, 0) is 60.6 Å². The number of carbonyl (C=O) groups excluding carboxylic acids is 2. The monoisotopic (exact) mass is 682 g/mol. The Hall–Kier alpha value is -4.76. The Kier molecular flexibility index (Phi) is 13.1. The summed E-state index contributed by atoms with van der Waals surface area (Å²) in [6.07, 6.45) is -1.77. The number of phenolic OH excluding ortho intramolecular Hbond substituents is 2. The molecule has 256 valence electrons. The van der Waals surface area contributed by atoms with Crippen LogP contribution in [0.4, 0.5) is 5.69 Å². The van der Waals surface area contributed by atoms with Crippen molar-refractivity contribution in [3.8, 4) is 17.2 Å². The summed E-state index contributed by atoms with van der Waals surface area (Å²) in [6.45, 7) is 3.11. The van der Waals surface area contributed by atoms with Crippen molar-refractivity contribution in [1.82, 2.24) is 10.6 Å². The summed E-state index contributed by atoms with van der Waals surface area (Å²) >= 11 is 6.15. The molecule has 1 aliphatic rings. The third-order valence-electron chi connectivity index (χ3n) is 7.52. The second kappa shape index (κ2) is 17.4. The molecule has 48 heavy (non-hydrogen) atoms. The summed E-state index contributed by atoms with van der Waals surface area (Å²) in [5, 5.41) is 28.1. The lowest BCUT2D eigenvalue weighted by Crippen LogP contribution is -2.53. The summed E-state index contributed by atoms with van der Waals surface area (Å²) in [6, 6.07) is 15.6.